The maximum absolute atomic E-state index is 13.3. The monoisotopic (exact) mass is 566 g/mol. The van der Waals surface area contributed by atoms with Crippen LogP contribution in [0.3, 0.4) is 0 Å². The van der Waals surface area contributed by atoms with Gasteiger partial charge in [0.25, 0.3) is 0 Å². The molecule has 0 radical (unpaired) electrons. The van der Waals surface area contributed by atoms with Gasteiger partial charge in [0.15, 0.2) is 0 Å². The van der Waals surface area contributed by atoms with Gasteiger partial charge in [-0.15, -0.1) is 0 Å². The normalized spacial score (nSPS) is 12.7. The Hall–Kier alpha value is -3.73. The van der Waals surface area contributed by atoms with Gasteiger partial charge in [0.2, 0.25) is 18.2 Å². The average Bonchev–Trinajstić information content (AvgIpc) is 3.59. The van der Waals surface area contributed by atoms with Crippen molar-refractivity contribution in [3.05, 3.63) is 113 Å². The zero-order valence-corrected chi connectivity index (χ0v) is 23.2. The Morgan fingerprint density at radius 2 is 1.85 bits per heavy atom. The highest BCUT2D eigenvalue weighted by Crippen LogP contribution is 2.29. The van der Waals surface area contributed by atoms with E-state index in [0.29, 0.717) is 31.0 Å². The lowest BCUT2D eigenvalue weighted by molar-refractivity contribution is -0.119. The van der Waals surface area contributed by atoms with E-state index in [1.807, 2.05) is 35.7 Å². The minimum Gasteiger partial charge on any atom is -0.399 e. The molecule has 0 spiro atoms. The molecule has 5 rings (SSSR count). The van der Waals surface area contributed by atoms with E-state index in [-0.39, 0.29) is 23.5 Å². The number of aryl methyl sites for hydroxylation is 3. The van der Waals surface area contributed by atoms with Gasteiger partial charge in [0.05, 0.1) is 6.54 Å². The lowest BCUT2D eigenvalue weighted by Crippen LogP contribution is -2.32. The second-order valence-electron chi connectivity index (χ2n) is 9.60. The van der Waals surface area contributed by atoms with Gasteiger partial charge in [-0.25, -0.2) is 13.8 Å². The second-order valence-corrected chi connectivity index (χ2v) is 10.1. The van der Waals surface area contributed by atoms with Crippen molar-refractivity contribution in [2.45, 2.75) is 45.1 Å². The first-order valence-corrected chi connectivity index (χ1v) is 13.6. The summed E-state index contributed by atoms with van der Waals surface area (Å²) in [5, 5.41) is 0. The molecule has 0 saturated carbocycles. The second kappa shape index (κ2) is 14.1. The van der Waals surface area contributed by atoms with Crippen LogP contribution >= 0.6 is 12.3 Å². The van der Waals surface area contributed by atoms with E-state index in [0.717, 1.165) is 29.9 Å². The van der Waals surface area contributed by atoms with Crippen molar-refractivity contribution in [1.29, 1.82) is 0 Å². The largest absolute Gasteiger partial charge is 0.399 e. The SMILES string of the molecule is C[C@@H](CC(=O)N(Cc1nccn1C)c1ccc2c(c1)CCC2)c1ccc(F)cc1.NOSOc1cccc(F)c1. The van der Waals surface area contributed by atoms with E-state index >= 15 is 0 Å². The molecule has 1 atom stereocenters. The number of carbonyl (C=O) groups excluding carboxylic acids is 1. The minimum atomic E-state index is -0.361. The predicted molar refractivity (Wildman–Crippen MR) is 152 cm³/mol. The first kappa shape index (κ1) is 29.3. The Balaban J connectivity index is 0.000000283. The highest BCUT2D eigenvalue weighted by Gasteiger charge is 2.23. The van der Waals surface area contributed by atoms with Crippen LogP contribution in [0.25, 0.3) is 0 Å². The third-order valence-electron chi connectivity index (χ3n) is 6.80. The molecular weight excluding hydrogens is 534 g/mol. The molecule has 1 amide bonds. The Bertz CT molecular complexity index is 1410. The number of carbonyl (C=O) groups is 1. The van der Waals surface area contributed by atoms with Gasteiger partial charge in [0.1, 0.15) is 23.2 Å². The molecule has 3 aromatic carbocycles. The Morgan fingerprint density at radius 1 is 1.07 bits per heavy atom. The molecule has 1 aromatic heterocycles. The van der Waals surface area contributed by atoms with Gasteiger partial charge in [0, 0.05) is 37.6 Å². The molecule has 0 aliphatic heterocycles. The number of nitrogens with zero attached hydrogens (tertiary/aromatic N) is 3. The Labute approximate surface area is 237 Å². The van der Waals surface area contributed by atoms with Crippen molar-refractivity contribution in [2.75, 3.05) is 4.90 Å². The number of nitrogens with two attached hydrogens (primary N) is 1. The molecule has 0 unspecified atom stereocenters. The van der Waals surface area contributed by atoms with Crippen LogP contribution < -0.4 is 15.0 Å². The molecule has 1 aliphatic carbocycles. The maximum Gasteiger partial charge on any atom is 0.244 e. The number of aromatic nitrogens is 2. The number of imidazole rings is 1. The number of amides is 1. The van der Waals surface area contributed by atoms with Gasteiger partial charge in [-0.05, 0) is 78.3 Å². The first-order valence-electron chi connectivity index (χ1n) is 12.9. The number of fused-ring (bicyclic) bond motifs is 1. The summed E-state index contributed by atoms with van der Waals surface area (Å²) in [4.78, 5) is 19.6. The fraction of sp³-hybridized carbons (Fsp3) is 0.267. The van der Waals surface area contributed by atoms with Gasteiger partial charge in [-0.1, -0.05) is 31.2 Å². The zero-order chi connectivity index (χ0) is 28.5. The summed E-state index contributed by atoms with van der Waals surface area (Å²) < 4.78 is 36.4. The van der Waals surface area contributed by atoms with Gasteiger partial charge < -0.3 is 13.7 Å². The molecule has 40 heavy (non-hydrogen) atoms. The van der Waals surface area contributed by atoms with E-state index in [1.165, 1.54) is 47.9 Å². The number of rotatable bonds is 9. The van der Waals surface area contributed by atoms with Crippen LogP contribution in [-0.2, 0) is 35.5 Å². The topological polar surface area (TPSA) is 82.6 Å². The van der Waals surface area contributed by atoms with Crippen molar-refractivity contribution in [3.63, 3.8) is 0 Å². The summed E-state index contributed by atoms with van der Waals surface area (Å²) in [6.45, 7) is 2.43. The quantitative estimate of drug-likeness (QED) is 0.186. The lowest BCUT2D eigenvalue weighted by atomic mass is 9.97. The van der Waals surface area contributed by atoms with E-state index in [1.54, 1.807) is 24.4 Å². The van der Waals surface area contributed by atoms with Crippen molar-refractivity contribution >= 4 is 23.9 Å². The molecule has 7 nitrogen and oxygen atoms in total. The van der Waals surface area contributed by atoms with Crippen molar-refractivity contribution in [3.8, 4) is 5.75 Å². The number of anilines is 1. The third-order valence-corrected chi connectivity index (χ3v) is 7.14. The number of hydrogen-bond acceptors (Lipinski definition) is 6. The molecule has 4 aromatic rings. The molecule has 1 aliphatic rings. The molecule has 2 N–H and O–H groups in total. The highest BCUT2D eigenvalue weighted by molar-refractivity contribution is 7.90. The minimum absolute atomic E-state index is 0.00130. The predicted octanol–water partition coefficient (Wildman–Crippen LogP) is 6.43. The van der Waals surface area contributed by atoms with Crippen LogP contribution in [0.15, 0.2) is 79.1 Å². The smallest absolute Gasteiger partial charge is 0.244 e. The van der Waals surface area contributed by atoms with Crippen LogP contribution in [-0.4, -0.2) is 15.5 Å². The van der Waals surface area contributed by atoms with E-state index in [4.69, 9.17) is 4.18 Å². The van der Waals surface area contributed by atoms with Crippen molar-refractivity contribution in [2.24, 2.45) is 12.9 Å². The summed E-state index contributed by atoms with van der Waals surface area (Å²) in [7, 11) is 1.94. The molecule has 1 heterocycles. The standard InChI is InChI=1S/C24H26FN3O.C6H6FNO2S/c1-17(18-6-9-21(25)10-7-18)14-24(29)28(16-23-26-12-13-27(23)2)22-11-8-19-4-3-5-20(19)15-22;7-5-2-1-3-6(4-5)9-11-10-8/h6-13,15,17H,3-5,14,16H2,1-2H3;1-4H,8H2/t17-;/m0./s1. The number of benzene rings is 3. The van der Waals surface area contributed by atoms with Gasteiger partial charge in [-0.3, -0.25) is 4.79 Å². The Kier molecular flexibility index (Phi) is 10.3. The molecule has 10 heteroatoms. The molecule has 0 bridgehead atoms. The number of hydrogen-bond donors (Lipinski definition) is 1. The van der Waals surface area contributed by atoms with Crippen molar-refractivity contribution in [1.82, 2.24) is 9.55 Å². The van der Waals surface area contributed by atoms with Crippen molar-refractivity contribution < 1.29 is 22.0 Å². The Morgan fingerprint density at radius 3 is 2.55 bits per heavy atom. The molecule has 0 saturated heterocycles. The van der Waals surface area contributed by atoms with Crippen LogP contribution in [0.5, 0.6) is 5.75 Å². The summed E-state index contributed by atoms with van der Waals surface area (Å²) in [5.41, 5.74) is 4.61. The summed E-state index contributed by atoms with van der Waals surface area (Å²) in [6, 6.07) is 18.4. The van der Waals surface area contributed by atoms with Crippen LogP contribution in [0.1, 0.15) is 48.2 Å². The summed E-state index contributed by atoms with van der Waals surface area (Å²) >= 11 is 0.581. The average molecular weight is 567 g/mol. The molecule has 0 fully saturated rings. The lowest BCUT2D eigenvalue weighted by Gasteiger charge is -2.25. The van der Waals surface area contributed by atoms with Gasteiger partial charge >= 0.3 is 0 Å². The van der Waals surface area contributed by atoms with Gasteiger partial charge in [-0.2, -0.15) is 10.2 Å². The van der Waals surface area contributed by atoms with Crippen LogP contribution in [0.2, 0.25) is 0 Å². The fourth-order valence-electron chi connectivity index (χ4n) is 4.60. The third kappa shape index (κ3) is 7.91. The highest BCUT2D eigenvalue weighted by atomic mass is 32.2. The van der Waals surface area contributed by atoms with E-state index in [9.17, 15) is 13.6 Å². The first-order chi connectivity index (χ1) is 19.3. The number of halogens is 2. The fourth-order valence-corrected chi connectivity index (χ4v) is 4.82. The summed E-state index contributed by atoms with van der Waals surface area (Å²) in [5.74, 6) is 5.28. The zero-order valence-electron chi connectivity index (χ0n) is 22.4. The van der Waals surface area contributed by atoms with E-state index in [2.05, 4.69) is 27.3 Å². The maximum atomic E-state index is 13.3. The summed E-state index contributed by atoms with van der Waals surface area (Å²) in [6.07, 6.45) is 7.36. The molecule has 210 valence electrons. The van der Waals surface area contributed by atoms with E-state index < -0.39 is 0 Å². The van der Waals surface area contributed by atoms with Crippen LogP contribution in [0, 0.1) is 11.6 Å². The van der Waals surface area contributed by atoms with Crippen LogP contribution in [0.4, 0.5) is 14.5 Å². The molecular formula is C30H32F2N4O3S.